The lowest BCUT2D eigenvalue weighted by atomic mass is 10.0. The third-order valence-corrected chi connectivity index (χ3v) is 1.19. The Morgan fingerprint density at radius 1 is 1.78 bits per heavy atom. The Bertz CT molecular complexity index is 155. The van der Waals surface area contributed by atoms with Crippen LogP contribution in [-0.2, 0) is 0 Å². The number of hydrogen-bond donors (Lipinski definition) is 0. The summed E-state index contributed by atoms with van der Waals surface area (Å²) in [6.07, 6.45) is 9.03. The summed E-state index contributed by atoms with van der Waals surface area (Å²) in [5.74, 6) is 2.77. The predicted octanol–water partition coefficient (Wildman–Crippen LogP) is 2.39. The van der Waals surface area contributed by atoms with E-state index in [-0.39, 0.29) is 5.92 Å². The predicted molar refractivity (Wildman–Crippen MR) is 42.0 cm³/mol. The second-order valence-corrected chi connectivity index (χ2v) is 1.96. The summed E-state index contributed by atoms with van der Waals surface area (Å²) in [6.45, 7) is 7.70. The fourth-order valence-electron chi connectivity index (χ4n) is 0.465. The number of hydrogen-bond acceptors (Lipinski definition) is 0. The zero-order valence-electron chi connectivity index (χ0n) is 6.02. The molecule has 0 saturated carbocycles. The zero-order valence-corrected chi connectivity index (χ0v) is 6.02. The fourth-order valence-corrected chi connectivity index (χ4v) is 0.465. The van der Waals surface area contributed by atoms with Crippen LogP contribution in [0.25, 0.3) is 0 Å². The van der Waals surface area contributed by atoms with Crippen molar-refractivity contribution in [1.82, 2.24) is 0 Å². The van der Waals surface area contributed by atoms with Crippen LogP contribution < -0.4 is 0 Å². The lowest BCUT2D eigenvalue weighted by Crippen LogP contribution is -1.89. The molecule has 0 rings (SSSR count). The molecule has 0 aromatic heterocycles. The van der Waals surface area contributed by atoms with Gasteiger partial charge in [-0.15, -0.1) is 6.42 Å². The molecule has 0 saturated heterocycles. The highest BCUT2D eigenvalue weighted by Gasteiger charge is 1.95. The molecule has 0 heteroatoms. The Morgan fingerprint density at radius 3 is 2.67 bits per heavy atom. The van der Waals surface area contributed by atoms with Crippen LogP contribution in [0.3, 0.4) is 0 Å². The highest BCUT2D eigenvalue weighted by molar-refractivity contribution is 5.23. The van der Waals surface area contributed by atoms with Crippen molar-refractivity contribution < 1.29 is 0 Å². The van der Waals surface area contributed by atoms with Crippen molar-refractivity contribution in [2.45, 2.75) is 13.8 Å². The summed E-state index contributed by atoms with van der Waals surface area (Å²) in [5.41, 5.74) is 1.00. The van der Waals surface area contributed by atoms with Crippen molar-refractivity contribution in [1.29, 1.82) is 0 Å². The zero-order chi connectivity index (χ0) is 7.28. The molecule has 0 spiro atoms. The highest BCUT2D eigenvalue weighted by Crippen LogP contribution is 2.06. The fraction of sp³-hybridized carbons (Fsp3) is 0.333. The topological polar surface area (TPSA) is 0 Å². The van der Waals surface area contributed by atoms with Crippen LogP contribution in [0.15, 0.2) is 24.3 Å². The van der Waals surface area contributed by atoms with Crippen LogP contribution in [0.1, 0.15) is 13.8 Å². The SMILES string of the molecule is C#CC(C)C(=C)C=CC. The van der Waals surface area contributed by atoms with Crippen LogP contribution >= 0.6 is 0 Å². The van der Waals surface area contributed by atoms with E-state index in [1.54, 1.807) is 0 Å². The lowest BCUT2D eigenvalue weighted by molar-refractivity contribution is 0.934. The number of terminal acetylenes is 1. The molecule has 0 nitrogen and oxygen atoms in total. The molecule has 48 valence electrons. The van der Waals surface area contributed by atoms with E-state index >= 15 is 0 Å². The van der Waals surface area contributed by atoms with Crippen molar-refractivity contribution in [3.05, 3.63) is 24.3 Å². The van der Waals surface area contributed by atoms with Crippen molar-refractivity contribution in [2.24, 2.45) is 5.92 Å². The minimum Gasteiger partial charge on any atom is -0.119 e. The van der Waals surface area contributed by atoms with E-state index in [1.807, 2.05) is 26.0 Å². The standard InChI is InChI=1S/C9H12/c1-5-7-9(4)8(3)6-2/h2,5,7-8H,4H2,1,3H3. The Kier molecular flexibility index (Phi) is 3.55. The molecule has 1 atom stereocenters. The molecule has 0 aliphatic rings. The smallest absolute Gasteiger partial charge is 0.0415 e. The van der Waals surface area contributed by atoms with Crippen LogP contribution in [0.4, 0.5) is 0 Å². The van der Waals surface area contributed by atoms with Gasteiger partial charge in [-0.2, -0.15) is 0 Å². The molecule has 0 bridgehead atoms. The summed E-state index contributed by atoms with van der Waals surface area (Å²) >= 11 is 0. The maximum atomic E-state index is 5.16. The van der Waals surface area contributed by atoms with Gasteiger partial charge in [0.05, 0.1) is 0 Å². The minimum absolute atomic E-state index is 0.168. The van der Waals surface area contributed by atoms with Crippen LogP contribution in [-0.4, -0.2) is 0 Å². The average Bonchev–Trinajstić information content (AvgIpc) is 1.87. The average molecular weight is 120 g/mol. The second kappa shape index (κ2) is 3.97. The van der Waals surface area contributed by atoms with Gasteiger partial charge in [0.15, 0.2) is 0 Å². The molecule has 9 heavy (non-hydrogen) atoms. The molecule has 0 fully saturated rings. The van der Waals surface area contributed by atoms with Gasteiger partial charge in [0, 0.05) is 5.92 Å². The van der Waals surface area contributed by atoms with Gasteiger partial charge < -0.3 is 0 Å². The summed E-state index contributed by atoms with van der Waals surface area (Å²) < 4.78 is 0. The first kappa shape index (κ1) is 8.04. The van der Waals surface area contributed by atoms with E-state index in [1.165, 1.54) is 0 Å². The molecule has 0 N–H and O–H groups in total. The first-order valence-corrected chi connectivity index (χ1v) is 3.00. The van der Waals surface area contributed by atoms with Crippen molar-refractivity contribution in [3.63, 3.8) is 0 Å². The van der Waals surface area contributed by atoms with Crippen molar-refractivity contribution >= 4 is 0 Å². The molecule has 0 aliphatic heterocycles. The largest absolute Gasteiger partial charge is 0.119 e. The second-order valence-electron chi connectivity index (χ2n) is 1.96. The third-order valence-electron chi connectivity index (χ3n) is 1.19. The first-order valence-electron chi connectivity index (χ1n) is 3.00. The molecule has 1 unspecified atom stereocenters. The molecule has 0 aromatic carbocycles. The first-order chi connectivity index (χ1) is 4.22. The van der Waals surface area contributed by atoms with Crippen LogP contribution in [0, 0.1) is 18.3 Å². The maximum Gasteiger partial charge on any atom is 0.0415 e. The van der Waals surface area contributed by atoms with E-state index < -0.39 is 0 Å². The number of allylic oxidation sites excluding steroid dienone is 3. The normalized spacial score (nSPS) is 13.0. The van der Waals surface area contributed by atoms with Gasteiger partial charge in [-0.3, -0.25) is 0 Å². The van der Waals surface area contributed by atoms with E-state index in [4.69, 9.17) is 6.42 Å². The summed E-state index contributed by atoms with van der Waals surface area (Å²) in [7, 11) is 0. The molecule has 0 aliphatic carbocycles. The number of rotatable bonds is 2. The van der Waals surface area contributed by atoms with Crippen LogP contribution in [0.2, 0.25) is 0 Å². The Hall–Kier alpha value is -0.960. The van der Waals surface area contributed by atoms with Gasteiger partial charge in [0.1, 0.15) is 0 Å². The van der Waals surface area contributed by atoms with Crippen molar-refractivity contribution in [3.8, 4) is 12.3 Å². The quantitative estimate of drug-likeness (QED) is 0.387. The third kappa shape index (κ3) is 2.77. The minimum atomic E-state index is 0.168. The molecule has 0 amide bonds. The summed E-state index contributed by atoms with van der Waals surface area (Å²) in [6, 6.07) is 0. The highest BCUT2D eigenvalue weighted by atomic mass is 14.0. The van der Waals surface area contributed by atoms with Crippen LogP contribution in [0.5, 0.6) is 0 Å². The molecule has 0 aromatic rings. The van der Waals surface area contributed by atoms with Gasteiger partial charge in [-0.1, -0.05) is 24.7 Å². The van der Waals surface area contributed by atoms with E-state index in [0.717, 1.165) is 5.57 Å². The Balaban J connectivity index is 3.92. The van der Waals surface area contributed by atoms with Gasteiger partial charge in [0.25, 0.3) is 0 Å². The Labute approximate surface area is 57.3 Å². The van der Waals surface area contributed by atoms with Gasteiger partial charge in [0.2, 0.25) is 0 Å². The summed E-state index contributed by atoms with van der Waals surface area (Å²) in [5, 5.41) is 0. The van der Waals surface area contributed by atoms with E-state index in [2.05, 4.69) is 12.5 Å². The lowest BCUT2D eigenvalue weighted by Gasteiger charge is -2.00. The van der Waals surface area contributed by atoms with Gasteiger partial charge >= 0.3 is 0 Å². The monoisotopic (exact) mass is 120 g/mol. The van der Waals surface area contributed by atoms with Gasteiger partial charge in [-0.05, 0) is 19.4 Å². The Morgan fingerprint density at radius 2 is 2.33 bits per heavy atom. The van der Waals surface area contributed by atoms with E-state index in [0.29, 0.717) is 0 Å². The van der Waals surface area contributed by atoms with Crippen molar-refractivity contribution in [2.75, 3.05) is 0 Å². The molecular formula is C9H12. The van der Waals surface area contributed by atoms with Gasteiger partial charge in [-0.25, -0.2) is 0 Å². The summed E-state index contributed by atoms with van der Waals surface area (Å²) in [4.78, 5) is 0. The molecule has 0 radical (unpaired) electrons. The maximum absolute atomic E-state index is 5.16. The molecule has 0 heterocycles. The van der Waals surface area contributed by atoms with E-state index in [9.17, 15) is 0 Å². The molecular weight excluding hydrogens is 108 g/mol.